The monoisotopic (exact) mass is 296 g/mol. The first kappa shape index (κ1) is 14.1. The molecule has 1 fully saturated rings. The number of nitrogens with zero attached hydrogens (tertiary/aromatic N) is 1. The number of hydrazone groups is 1. The highest BCUT2D eigenvalue weighted by molar-refractivity contribution is 5.85. The van der Waals surface area contributed by atoms with Gasteiger partial charge in [-0.3, -0.25) is 4.79 Å². The Labute approximate surface area is 127 Å². The van der Waals surface area contributed by atoms with Crippen molar-refractivity contribution in [1.29, 1.82) is 0 Å². The SMILES string of the molecule is O=C(N/N=C/c1ccc(O)c(O)c1)C1CC1c1ccccc1. The Kier molecular flexibility index (Phi) is 3.78. The standard InChI is InChI=1S/C17H16N2O3/c20-15-7-6-11(8-16(15)21)10-18-19-17(22)14-9-13(14)12-4-2-1-3-5-12/h1-8,10,13-14,20-21H,9H2,(H,19,22)/b18-10+. The average molecular weight is 296 g/mol. The molecule has 0 aromatic heterocycles. The fourth-order valence-electron chi connectivity index (χ4n) is 2.43. The minimum absolute atomic E-state index is 0.0345. The quantitative estimate of drug-likeness (QED) is 0.460. The molecule has 3 N–H and O–H groups in total. The largest absolute Gasteiger partial charge is 0.504 e. The number of amides is 1. The Morgan fingerprint density at radius 2 is 1.91 bits per heavy atom. The van der Waals surface area contributed by atoms with Crippen LogP contribution in [0.5, 0.6) is 11.5 Å². The molecule has 0 spiro atoms. The third-order valence-corrected chi connectivity index (χ3v) is 3.74. The van der Waals surface area contributed by atoms with Crippen LogP contribution in [0.1, 0.15) is 23.5 Å². The zero-order chi connectivity index (χ0) is 15.5. The number of rotatable bonds is 4. The fraction of sp³-hybridized carbons (Fsp3) is 0.176. The molecule has 0 heterocycles. The summed E-state index contributed by atoms with van der Waals surface area (Å²) in [4.78, 5) is 12.0. The summed E-state index contributed by atoms with van der Waals surface area (Å²) in [6, 6.07) is 14.3. The average Bonchev–Trinajstić information content (AvgIpc) is 3.32. The molecule has 0 saturated heterocycles. The second kappa shape index (κ2) is 5.89. The molecule has 1 saturated carbocycles. The van der Waals surface area contributed by atoms with E-state index in [1.165, 1.54) is 23.9 Å². The van der Waals surface area contributed by atoms with Crippen LogP contribution in [0.25, 0.3) is 0 Å². The molecule has 2 aromatic rings. The van der Waals surface area contributed by atoms with Gasteiger partial charge in [-0.05, 0) is 41.7 Å². The van der Waals surface area contributed by atoms with E-state index in [2.05, 4.69) is 10.5 Å². The molecule has 0 bridgehead atoms. The molecule has 1 aliphatic carbocycles. The van der Waals surface area contributed by atoms with Crippen LogP contribution in [0, 0.1) is 5.92 Å². The maximum Gasteiger partial charge on any atom is 0.243 e. The summed E-state index contributed by atoms with van der Waals surface area (Å²) >= 11 is 0. The first-order valence-electron chi connectivity index (χ1n) is 7.05. The molecule has 0 radical (unpaired) electrons. The molecule has 22 heavy (non-hydrogen) atoms. The number of aromatic hydroxyl groups is 2. The number of phenols is 2. The van der Waals surface area contributed by atoms with E-state index in [1.807, 2.05) is 30.3 Å². The van der Waals surface area contributed by atoms with Crippen molar-refractivity contribution in [3.05, 3.63) is 59.7 Å². The maximum absolute atomic E-state index is 12.0. The van der Waals surface area contributed by atoms with Crippen LogP contribution in [0.15, 0.2) is 53.6 Å². The highest BCUT2D eigenvalue weighted by Gasteiger charge is 2.43. The Morgan fingerprint density at radius 1 is 1.14 bits per heavy atom. The van der Waals surface area contributed by atoms with Crippen LogP contribution in [0.2, 0.25) is 0 Å². The van der Waals surface area contributed by atoms with Crippen LogP contribution in [0.4, 0.5) is 0 Å². The van der Waals surface area contributed by atoms with E-state index in [-0.39, 0.29) is 29.2 Å². The van der Waals surface area contributed by atoms with Gasteiger partial charge in [0, 0.05) is 5.92 Å². The number of carbonyl (C=O) groups excluding carboxylic acids is 1. The molecular formula is C17H16N2O3. The summed E-state index contributed by atoms with van der Waals surface area (Å²) in [6.45, 7) is 0. The van der Waals surface area contributed by atoms with E-state index in [1.54, 1.807) is 6.07 Å². The van der Waals surface area contributed by atoms with Crippen molar-refractivity contribution in [3.8, 4) is 11.5 Å². The predicted molar refractivity (Wildman–Crippen MR) is 82.8 cm³/mol. The lowest BCUT2D eigenvalue weighted by atomic mass is 10.1. The molecule has 2 unspecified atom stereocenters. The molecule has 3 rings (SSSR count). The highest BCUT2D eigenvalue weighted by atomic mass is 16.3. The van der Waals surface area contributed by atoms with Crippen LogP contribution in [-0.4, -0.2) is 22.3 Å². The summed E-state index contributed by atoms with van der Waals surface area (Å²) in [5.74, 6) is -0.276. The fourth-order valence-corrected chi connectivity index (χ4v) is 2.43. The Balaban J connectivity index is 1.55. The smallest absolute Gasteiger partial charge is 0.243 e. The van der Waals surface area contributed by atoms with Crippen molar-refractivity contribution in [2.45, 2.75) is 12.3 Å². The van der Waals surface area contributed by atoms with Gasteiger partial charge in [0.05, 0.1) is 6.21 Å². The van der Waals surface area contributed by atoms with E-state index in [0.717, 1.165) is 6.42 Å². The Bertz CT molecular complexity index is 713. The third-order valence-electron chi connectivity index (χ3n) is 3.74. The van der Waals surface area contributed by atoms with E-state index in [0.29, 0.717) is 5.56 Å². The summed E-state index contributed by atoms with van der Waals surface area (Å²) in [6.07, 6.45) is 2.27. The number of hydrogen-bond donors (Lipinski definition) is 3. The second-order valence-corrected chi connectivity index (χ2v) is 5.34. The van der Waals surface area contributed by atoms with Gasteiger partial charge in [-0.25, -0.2) is 5.43 Å². The molecule has 5 nitrogen and oxygen atoms in total. The highest BCUT2D eigenvalue weighted by Crippen LogP contribution is 2.47. The number of phenolic OH excluding ortho intramolecular Hbond substituents is 2. The van der Waals surface area contributed by atoms with Gasteiger partial charge in [0.2, 0.25) is 5.91 Å². The molecule has 5 heteroatoms. The first-order valence-corrected chi connectivity index (χ1v) is 7.05. The van der Waals surface area contributed by atoms with Crippen LogP contribution >= 0.6 is 0 Å². The zero-order valence-electron chi connectivity index (χ0n) is 11.8. The van der Waals surface area contributed by atoms with Gasteiger partial charge >= 0.3 is 0 Å². The molecule has 2 atom stereocenters. The Morgan fingerprint density at radius 3 is 2.64 bits per heavy atom. The van der Waals surface area contributed by atoms with Gasteiger partial charge in [-0.1, -0.05) is 30.3 Å². The van der Waals surface area contributed by atoms with Crippen molar-refractivity contribution >= 4 is 12.1 Å². The van der Waals surface area contributed by atoms with Crippen LogP contribution in [0.3, 0.4) is 0 Å². The molecule has 2 aromatic carbocycles. The molecular weight excluding hydrogens is 280 g/mol. The summed E-state index contributed by atoms with van der Waals surface area (Å²) in [5.41, 5.74) is 4.28. The number of nitrogens with one attached hydrogen (secondary N) is 1. The summed E-state index contributed by atoms with van der Waals surface area (Å²) < 4.78 is 0. The number of carbonyl (C=O) groups is 1. The molecule has 1 aliphatic rings. The van der Waals surface area contributed by atoms with Gasteiger partial charge in [-0.2, -0.15) is 5.10 Å². The van der Waals surface area contributed by atoms with Crippen molar-refractivity contribution in [3.63, 3.8) is 0 Å². The molecule has 1 amide bonds. The zero-order valence-corrected chi connectivity index (χ0v) is 11.8. The maximum atomic E-state index is 12.0. The predicted octanol–water partition coefficient (Wildman–Crippen LogP) is 2.35. The third kappa shape index (κ3) is 3.09. The van der Waals surface area contributed by atoms with E-state index < -0.39 is 0 Å². The Hall–Kier alpha value is -2.82. The minimum atomic E-state index is -0.221. The van der Waals surface area contributed by atoms with Crippen molar-refractivity contribution in [2.75, 3.05) is 0 Å². The normalized spacial score (nSPS) is 20.0. The van der Waals surface area contributed by atoms with Crippen molar-refractivity contribution in [1.82, 2.24) is 5.43 Å². The van der Waals surface area contributed by atoms with Gasteiger partial charge in [0.25, 0.3) is 0 Å². The van der Waals surface area contributed by atoms with Gasteiger partial charge < -0.3 is 10.2 Å². The first-order chi connectivity index (χ1) is 10.6. The topological polar surface area (TPSA) is 81.9 Å². The number of hydrogen-bond acceptors (Lipinski definition) is 4. The summed E-state index contributed by atoms with van der Waals surface area (Å²) in [5, 5.41) is 22.5. The lowest BCUT2D eigenvalue weighted by molar-refractivity contribution is -0.122. The van der Waals surface area contributed by atoms with E-state index >= 15 is 0 Å². The van der Waals surface area contributed by atoms with Crippen molar-refractivity contribution in [2.24, 2.45) is 11.0 Å². The molecule has 0 aliphatic heterocycles. The van der Waals surface area contributed by atoms with Gasteiger partial charge in [-0.15, -0.1) is 0 Å². The lowest BCUT2D eigenvalue weighted by Gasteiger charge is -2.01. The van der Waals surface area contributed by atoms with E-state index in [9.17, 15) is 15.0 Å². The summed E-state index contributed by atoms with van der Waals surface area (Å²) in [7, 11) is 0. The second-order valence-electron chi connectivity index (χ2n) is 5.34. The minimum Gasteiger partial charge on any atom is -0.504 e. The van der Waals surface area contributed by atoms with E-state index in [4.69, 9.17) is 0 Å². The van der Waals surface area contributed by atoms with Crippen LogP contribution in [-0.2, 0) is 4.79 Å². The van der Waals surface area contributed by atoms with Gasteiger partial charge in [0.1, 0.15) is 0 Å². The van der Waals surface area contributed by atoms with Crippen LogP contribution < -0.4 is 5.43 Å². The van der Waals surface area contributed by atoms with Gasteiger partial charge in [0.15, 0.2) is 11.5 Å². The lowest BCUT2D eigenvalue weighted by Crippen LogP contribution is -2.20. The number of benzene rings is 2. The van der Waals surface area contributed by atoms with Crippen molar-refractivity contribution < 1.29 is 15.0 Å². The molecule has 112 valence electrons.